The number of hydrogen-bond acceptors (Lipinski definition) is 2. The van der Waals surface area contributed by atoms with Gasteiger partial charge in [0, 0.05) is 12.2 Å². The molecule has 0 aromatic heterocycles. The molecule has 0 saturated heterocycles. The van der Waals surface area contributed by atoms with E-state index in [0.29, 0.717) is 18.7 Å². The van der Waals surface area contributed by atoms with Crippen LogP contribution >= 0.6 is 0 Å². The van der Waals surface area contributed by atoms with E-state index in [9.17, 15) is 18.0 Å². The number of rotatable bonds is 2. The van der Waals surface area contributed by atoms with Gasteiger partial charge in [-0.25, -0.2) is 13.2 Å². The molecule has 2 rings (SSSR count). The van der Waals surface area contributed by atoms with Crippen LogP contribution in [0.5, 0.6) is 0 Å². The molecule has 0 fully saturated rings. The third kappa shape index (κ3) is 2.64. The van der Waals surface area contributed by atoms with Gasteiger partial charge in [-0.05, 0) is 19.4 Å². The maximum absolute atomic E-state index is 13.9. The molecule has 0 aliphatic carbocycles. The number of benzene rings is 1. The van der Waals surface area contributed by atoms with Crippen molar-refractivity contribution in [3.63, 3.8) is 0 Å². The third-order valence-electron chi connectivity index (χ3n) is 3.45. The molecule has 1 aromatic carbocycles. The SMILES string of the molecule is CC1=C(N)CN(C(=O)c2cccc(C(F)F)c2F)CC1. The Kier molecular flexibility index (Phi) is 4.01. The van der Waals surface area contributed by atoms with Crippen LogP contribution in [0.2, 0.25) is 0 Å². The lowest BCUT2D eigenvalue weighted by Crippen LogP contribution is -2.39. The number of alkyl halides is 2. The quantitative estimate of drug-likeness (QED) is 0.907. The van der Waals surface area contributed by atoms with Crippen molar-refractivity contribution < 1.29 is 18.0 Å². The van der Waals surface area contributed by atoms with E-state index >= 15 is 0 Å². The van der Waals surface area contributed by atoms with Crippen molar-refractivity contribution in [3.05, 3.63) is 46.4 Å². The summed E-state index contributed by atoms with van der Waals surface area (Å²) in [4.78, 5) is 13.6. The second kappa shape index (κ2) is 5.56. The molecule has 0 radical (unpaired) electrons. The van der Waals surface area contributed by atoms with Crippen LogP contribution in [0.25, 0.3) is 0 Å². The molecule has 0 unspecified atom stereocenters. The summed E-state index contributed by atoms with van der Waals surface area (Å²) in [6.07, 6.45) is -2.34. The Labute approximate surface area is 114 Å². The van der Waals surface area contributed by atoms with Gasteiger partial charge in [0.25, 0.3) is 12.3 Å². The molecular weight excluding hydrogens is 269 g/mol. The Hall–Kier alpha value is -1.98. The van der Waals surface area contributed by atoms with Gasteiger partial charge in [0.15, 0.2) is 0 Å². The summed E-state index contributed by atoms with van der Waals surface area (Å²) in [5, 5.41) is 0. The maximum atomic E-state index is 13.9. The van der Waals surface area contributed by atoms with Crippen LogP contribution in [0.1, 0.15) is 35.7 Å². The van der Waals surface area contributed by atoms with E-state index in [4.69, 9.17) is 5.73 Å². The summed E-state index contributed by atoms with van der Waals surface area (Å²) >= 11 is 0. The van der Waals surface area contributed by atoms with Crippen LogP contribution < -0.4 is 5.73 Å². The number of nitrogens with zero attached hydrogens (tertiary/aromatic N) is 1. The highest BCUT2D eigenvalue weighted by molar-refractivity contribution is 5.95. The standard InChI is InChI=1S/C14H15F3N2O/c1-8-5-6-19(7-11(8)18)14(20)10-4-2-3-9(12(10)15)13(16)17/h2-4,13H,5-7,18H2,1H3. The van der Waals surface area contributed by atoms with E-state index in [1.807, 2.05) is 6.92 Å². The average molecular weight is 284 g/mol. The Balaban J connectivity index is 2.29. The van der Waals surface area contributed by atoms with Gasteiger partial charge in [-0.15, -0.1) is 0 Å². The summed E-state index contributed by atoms with van der Waals surface area (Å²) in [5.74, 6) is -1.77. The van der Waals surface area contributed by atoms with Crippen molar-refractivity contribution in [2.75, 3.05) is 13.1 Å². The lowest BCUT2D eigenvalue weighted by Gasteiger charge is -2.28. The first-order valence-corrected chi connectivity index (χ1v) is 6.21. The molecule has 3 nitrogen and oxygen atoms in total. The highest BCUT2D eigenvalue weighted by atomic mass is 19.3. The zero-order chi connectivity index (χ0) is 14.9. The minimum Gasteiger partial charge on any atom is -0.401 e. The minimum absolute atomic E-state index is 0.197. The van der Waals surface area contributed by atoms with Gasteiger partial charge >= 0.3 is 0 Å². The van der Waals surface area contributed by atoms with Gasteiger partial charge in [0.1, 0.15) is 5.82 Å². The molecule has 0 bridgehead atoms. The van der Waals surface area contributed by atoms with Crippen molar-refractivity contribution in [1.29, 1.82) is 0 Å². The summed E-state index contributed by atoms with van der Waals surface area (Å²) < 4.78 is 39.2. The molecule has 20 heavy (non-hydrogen) atoms. The lowest BCUT2D eigenvalue weighted by atomic mass is 10.0. The molecule has 108 valence electrons. The van der Waals surface area contributed by atoms with E-state index < -0.39 is 23.7 Å². The largest absolute Gasteiger partial charge is 0.401 e. The Bertz CT molecular complexity index is 570. The molecule has 2 N–H and O–H groups in total. The Morgan fingerprint density at radius 2 is 2.10 bits per heavy atom. The average Bonchev–Trinajstić information content (AvgIpc) is 2.41. The van der Waals surface area contributed by atoms with E-state index in [2.05, 4.69) is 0 Å². The van der Waals surface area contributed by atoms with Crippen LogP contribution in [0.3, 0.4) is 0 Å². The van der Waals surface area contributed by atoms with Crippen LogP contribution in [0.15, 0.2) is 29.5 Å². The number of nitrogens with two attached hydrogens (primary N) is 1. The molecule has 1 aromatic rings. The summed E-state index contributed by atoms with van der Waals surface area (Å²) in [6.45, 7) is 2.47. The van der Waals surface area contributed by atoms with Crippen LogP contribution in [-0.4, -0.2) is 23.9 Å². The number of amides is 1. The lowest BCUT2D eigenvalue weighted by molar-refractivity contribution is 0.0756. The topological polar surface area (TPSA) is 46.3 Å². The fourth-order valence-corrected chi connectivity index (χ4v) is 2.11. The molecule has 6 heteroatoms. The second-order valence-corrected chi connectivity index (χ2v) is 4.79. The smallest absolute Gasteiger partial charge is 0.266 e. The highest BCUT2D eigenvalue weighted by Crippen LogP contribution is 2.25. The van der Waals surface area contributed by atoms with Crippen LogP contribution in [0, 0.1) is 5.82 Å². The summed E-state index contributed by atoms with van der Waals surface area (Å²) in [5.41, 5.74) is 6.24. The van der Waals surface area contributed by atoms with Crippen LogP contribution in [-0.2, 0) is 0 Å². The predicted octanol–water partition coefficient (Wildman–Crippen LogP) is 2.84. The normalized spacial score (nSPS) is 15.9. The van der Waals surface area contributed by atoms with Gasteiger partial charge in [-0.1, -0.05) is 17.7 Å². The van der Waals surface area contributed by atoms with Crippen LogP contribution in [0.4, 0.5) is 13.2 Å². The number of carbonyl (C=O) groups is 1. The summed E-state index contributed by atoms with van der Waals surface area (Å²) in [7, 11) is 0. The zero-order valence-electron chi connectivity index (χ0n) is 11.0. The minimum atomic E-state index is -2.95. The zero-order valence-corrected chi connectivity index (χ0v) is 11.0. The molecular formula is C14H15F3N2O. The van der Waals surface area contributed by atoms with E-state index in [0.717, 1.165) is 11.6 Å². The van der Waals surface area contributed by atoms with Crippen molar-refractivity contribution in [1.82, 2.24) is 4.90 Å². The number of halogens is 3. The van der Waals surface area contributed by atoms with Crippen molar-refractivity contribution in [2.45, 2.75) is 19.8 Å². The predicted molar refractivity (Wildman–Crippen MR) is 68.8 cm³/mol. The molecule has 1 amide bonds. The van der Waals surface area contributed by atoms with Gasteiger partial charge in [0.05, 0.1) is 17.7 Å². The summed E-state index contributed by atoms with van der Waals surface area (Å²) in [6, 6.07) is 3.45. The van der Waals surface area contributed by atoms with E-state index in [-0.39, 0.29) is 12.1 Å². The second-order valence-electron chi connectivity index (χ2n) is 4.79. The Morgan fingerprint density at radius 1 is 1.40 bits per heavy atom. The fraction of sp³-hybridized carbons (Fsp3) is 0.357. The van der Waals surface area contributed by atoms with E-state index in [1.165, 1.54) is 17.0 Å². The number of carbonyl (C=O) groups excluding carboxylic acids is 1. The molecule has 1 heterocycles. The molecule has 0 saturated carbocycles. The van der Waals surface area contributed by atoms with E-state index in [1.54, 1.807) is 0 Å². The maximum Gasteiger partial charge on any atom is 0.266 e. The first-order chi connectivity index (χ1) is 9.41. The van der Waals surface area contributed by atoms with Gasteiger partial charge in [-0.3, -0.25) is 4.79 Å². The third-order valence-corrected chi connectivity index (χ3v) is 3.45. The van der Waals surface area contributed by atoms with Crippen molar-refractivity contribution >= 4 is 5.91 Å². The van der Waals surface area contributed by atoms with Crippen molar-refractivity contribution in [2.24, 2.45) is 5.73 Å². The fourth-order valence-electron chi connectivity index (χ4n) is 2.11. The molecule has 1 aliphatic heterocycles. The monoisotopic (exact) mass is 284 g/mol. The van der Waals surface area contributed by atoms with Gasteiger partial charge in [0.2, 0.25) is 0 Å². The first-order valence-electron chi connectivity index (χ1n) is 6.21. The first kappa shape index (κ1) is 14.4. The molecule has 0 atom stereocenters. The van der Waals surface area contributed by atoms with Crippen molar-refractivity contribution in [3.8, 4) is 0 Å². The molecule has 0 spiro atoms. The Morgan fingerprint density at radius 3 is 2.70 bits per heavy atom. The van der Waals surface area contributed by atoms with Gasteiger partial charge in [-0.2, -0.15) is 0 Å². The highest BCUT2D eigenvalue weighted by Gasteiger charge is 2.25. The van der Waals surface area contributed by atoms with Gasteiger partial charge < -0.3 is 10.6 Å². The molecule has 1 aliphatic rings. The number of hydrogen-bond donors (Lipinski definition) is 1.